The summed E-state index contributed by atoms with van der Waals surface area (Å²) in [5.41, 5.74) is 0. The summed E-state index contributed by atoms with van der Waals surface area (Å²) in [6.45, 7) is -1.63. The number of aliphatic hydroxyl groups excluding tert-OH is 8. The summed E-state index contributed by atoms with van der Waals surface area (Å²) >= 11 is 0. The Bertz CT molecular complexity index is 365. The number of hydrogen-bond acceptors (Lipinski definition) is 11. The Morgan fingerprint density at radius 2 is 1.65 bits per heavy atom. The van der Waals surface area contributed by atoms with Crippen molar-refractivity contribution in [1.82, 2.24) is 0 Å². The van der Waals surface area contributed by atoms with Gasteiger partial charge < -0.3 is 55.1 Å². The lowest BCUT2D eigenvalue weighted by Crippen LogP contribution is -2.61. The predicted octanol–water partition coefficient (Wildman–Crippen LogP) is -5.55. The number of hydrogen-bond donors (Lipinski definition) is 8. The van der Waals surface area contributed by atoms with Crippen molar-refractivity contribution in [3.8, 4) is 0 Å². The molecule has 0 aromatic carbocycles. The van der Waals surface area contributed by atoms with Crippen molar-refractivity contribution in [2.75, 3.05) is 13.2 Å². The van der Waals surface area contributed by atoms with Gasteiger partial charge in [-0.25, -0.2) is 0 Å². The zero-order valence-electron chi connectivity index (χ0n) is 12.0. The molecule has 9 atom stereocenters. The highest BCUT2D eigenvalue weighted by Gasteiger charge is 2.46. The summed E-state index contributed by atoms with van der Waals surface area (Å²) in [6, 6.07) is 0. The molecule has 1 saturated heterocycles. The van der Waals surface area contributed by atoms with Gasteiger partial charge in [-0.2, -0.15) is 0 Å². The predicted molar refractivity (Wildman–Crippen MR) is 69.8 cm³/mol. The van der Waals surface area contributed by atoms with E-state index in [1.807, 2.05) is 0 Å². The molecule has 0 radical (unpaired) electrons. The van der Waals surface area contributed by atoms with Gasteiger partial charge in [-0.3, -0.25) is 0 Å². The SMILES string of the molecule is O=C[C@H](O)[C@@H](OC1O[C@H](CO)[C@H](O)[C@H](O)[C@H]1O)[C@H](O)[C@H](O)CO. The Labute approximate surface area is 130 Å². The molecule has 1 aliphatic heterocycles. The Balaban J connectivity index is 2.91. The van der Waals surface area contributed by atoms with E-state index in [9.17, 15) is 35.4 Å². The molecular formula is C12H22O11. The van der Waals surface area contributed by atoms with Crippen LogP contribution >= 0.6 is 0 Å². The van der Waals surface area contributed by atoms with Gasteiger partial charge in [-0.05, 0) is 0 Å². The zero-order valence-corrected chi connectivity index (χ0v) is 12.0. The first-order chi connectivity index (χ1) is 10.8. The maximum atomic E-state index is 10.7. The maximum absolute atomic E-state index is 10.7. The van der Waals surface area contributed by atoms with E-state index in [2.05, 4.69) is 0 Å². The highest BCUT2D eigenvalue weighted by atomic mass is 16.7. The third-order valence-corrected chi connectivity index (χ3v) is 3.53. The van der Waals surface area contributed by atoms with Crippen molar-refractivity contribution in [2.45, 2.75) is 55.1 Å². The fourth-order valence-corrected chi connectivity index (χ4v) is 2.10. The molecule has 1 unspecified atom stereocenters. The average Bonchev–Trinajstić information content (AvgIpc) is 2.57. The molecule has 0 aromatic rings. The minimum absolute atomic E-state index is 0.0119. The summed E-state index contributed by atoms with van der Waals surface area (Å²) in [5.74, 6) is 0. The van der Waals surface area contributed by atoms with Crippen LogP contribution in [-0.2, 0) is 14.3 Å². The Morgan fingerprint density at radius 1 is 1.04 bits per heavy atom. The second-order valence-corrected chi connectivity index (χ2v) is 5.17. The van der Waals surface area contributed by atoms with Gasteiger partial charge in [-0.15, -0.1) is 0 Å². The van der Waals surface area contributed by atoms with Crippen molar-refractivity contribution in [3.63, 3.8) is 0 Å². The van der Waals surface area contributed by atoms with Crippen LogP contribution in [0.1, 0.15) is 0 Å². The molecule has 1 aliphatic rings. The molecule has 0 amide bonds. The summed E-state index contributed by atoms with van der Waals surface area (Å²) in [5, 5.41) is 75.6. The van der Waals surface area contributed by atoms with Crippen molar-refractivity contribution < 1.29 is 55.1 Å². The fourth-order valence-electron chi connectivity index (χ4n) is 2.10. The van der Waals surface area contributed by atoms with Crippen LogP contribution < -0.4 is 0 Å². The van der Waals surface area contributed by atoms with Gasteiger partial charge in [0.25, 0.3) is 0 Å². The summed E-state index contributed by atoms with van der Waals surface area (Å²) < 4.78 is 10.0. The molecule has 11 nitrogen and oxygen atoms in total. The van der Waals surface area contributed by atoms with Gasteiger partial charge in [0.1, 0.15) is 48.8 Å². The number of carbonyl (C=O) groups is 1. The normalized spacial score (nSPS) is 37.0. The van der Waals surface area contributed by atoms with Gasteiger partial charge >= 0.3 is 0 Å². The van der Waals surface area contributed by atoms with E-state index in [1.54, 1.807) is 0 Å². The average molecular weight is 342 g/mol. The molecule has 0 aliphatic carbocycles. The first kappa shape index (κ1) is 20.3. The number of aldehydes is 1. The van der Waals surface area contributed by atoms with Crippen molar-refractivity contribution in [1.29, 1.82) is 0 Å². The van der Waals surface area contributed by atoms with Crippen LogP contribution in [0.4, 0.5) is 0 Å². The van der Waals surface area contributed by atoms with E-state index in [0.29, 0.717) is 0 Å². The topological polar surface area (TPSA) is 197 Å². The first-order valence-electron chi connectivity index (χ1n) is 6.84. The van der Waals surface area contributed by atoms with Gasteiger partial charge in [0.05, 0.1) is 13.2 Å². The van der Waals surface area contributed by atoms with Gasteiger partial charge in [0, 0.05) is 0 Å². The third-order valence-electron chi connectivity index (χ3n) is 3.53. The minimum atomic E-state index is -1.95. The number of aliphatic hydroxyl groups is 8. The Hall–Kier alpha value is -0.730. The lowest BCUT2D eigenvalue weighted by atomic mass is 9.98. The third kappa shape index (κ3) is 4.64. The molecule has 8 N–H and O–H groups in total. The minimum Gasteiger partial charge on any atom is -0.394 e. The largest absolute Gasteiger partial charge is 0.394 e. The molecule has 136 valence electrons. The second-order valence-electron chi connectivity index (χ2n) is 5.17. The summed E-state index contributed by atoms with van der Waals surface area (Å²) in [6.07, 6.45) is -15.7. The molecule has 0 saturated carbocycles. The lowest BCUT2D eigenvalue weighted by molar-refractivity contribution is -0.324. The van der Waals surface area contributed by atoms with Crippen LogP contribution in [0.25, 0.3) is 0 Å². The second kappa shape index (κ2) is 8.94. The molecule has 23 heavy (non-hydrogen) atoms. The molecule has 1 rings (SSSR count). The van der Waals surface area contributed by atoms with Crippen molar-refractivity contribution >= 4 is 6.29 Å². The number of carbonyl (C=O) groups excluding carboxylic acids is 1. The Morgan fingerprint density at radius 3 is 2.13 bits per heavy atom. The number of ether oxygens (including phenoxy) is 2. The molecule has 0 aromatic heterocycles. The van der Waals surface area contributed by atoms with E-state index < -0.39 is 68.3 Å². The van der Waals surface area contributed by atoms with Crippen molar-refractivity contribution in [3.05, 3.63) is 0 Å². The van der Waals surface area contributed by atoms with E-state index >= 15 is 0 Å². The molecule has 0 spiro atoms. The van der Waals surface area contributed by atoms with Crippen LogP contribution in [-0.4, -0.2) is 115 Å². The van der Waals surface area contributed by atoms with Crippen LogP contribution in [0.5, 0.6) is 0 Å². The zero-order chi connectivity index (χ0) is 17.7. The van der Waals surface area contributed by atoms with Crippen LogP contribution in [0.3, 0.4) is 0 Å². The molecule has 0 bridgehead atoms. The molecule has 11 heteroatoms. The van der Waals surface area contributed by atoms with Gasteiger partial charge in [-0.1, -0.05) is 0 Å². The first-order valence-corrected chi connectivity index (χ1v) is 6.84. The summed E-state index contributed by atoms with van der Waals surface area (Å²) in [7, 11) is 0. The smallest absolute Gasteiger partial charge is 0.187 e. The quantitative estimate of drug-likeness (QED) is 0.196. The van der Waals surface area contributed by atoms with Gasteiger partial charge in [0.15, 0.2) is 12.6 Å². The molecule has 1 fully saturated rings. The summed E-state index contributed by atoms with van der Waals surface area (Å²) in [4.78, 5) is 10.7. The highest BCUT2D eigenvalue weighted by molar-refractivity contribution is 5.56. The molecule has 1 heterocycles. The van der Waals surface area contributed by atoms with Crippen LogP contribution in [0.2, 0.25) is 0 Å². The van der Waals surface area contributed by atoms with E-state index in [4.69, 9.17) is 19.7 Å². The van der Waals surface area contributed by atoms with E-state index in [1.165, 1.54) is 0 Å². The van der Waals surface area contributed by atoms with Crippen LogP contribution in [0.15, 0.2) is 0 Å². The van der Waals surface area contributed by atoms with Crippen molar-refractivity contribution in [2.24, 2.45) is 0 Å². The fraction of sp³-hybridized carbons (Fsp3) is 0.917. The van der Waals surface area contributed by atoms with E-state index in [-0.39, 0.29) is 6.29 Å². The number of rotatable bonds is 8. The highest BCUT2D eigenvalue weighted by Crippen LogP contribution is 2.24. The Kier molecular flexibility index (Phi) is 7.89. The monoisotopic (exact) mass is 342 g/mol. The standard InChI is InChI=1S/C12H22O11/c13-1-4(16)7(18)11(5(17)2-14)23-12-10(21)9(20)8(19)6(3-15)22-12/h2,4-13,15-21H,1,3H2/t4-,5+,6-,7-,8+,9+,10-,11-,12?/m1/s1. The van der Waals surface area contributed by atoms with Gasteiger partial charge in [0.2, 0.25) is 0 Å². The van der Waals surface area contributed by atoms with Crippen LogP contribution in [0, 0.1) is 0 Å². The van der Waals surface area contributed by atoms with E-state index in [0.717, 1.165) is 0 Å². The lowest BCUT2D eigenvalue weighted by Gasteiger charge is -2.41. The molecular weight excluding hydrogens is 320 g/mol. The maximum Gasteiger partial charge on any atom is 0.187 e.